The molecule has 0 aromatic heterocycles. The Morgan fingerprint density at radius 3 is 2.22 bits per heavy atom. The summed E-state index contributed by atoms with van der Waals surface area (Å²) in [6.45, 7) is 1.02. The van der Waals surface area contributed by atoms with Crippen LogP contribution < -0.4 is 10.1 Å². The number of methoxy groups -OCH3 is 1. The maximum Gasteiger partial charge on any atom is 0.431 e. The summed E-state index contributed by atoms with van der Waals surface area (Å²) < 4.78 is 42.7. The number of carbonyl (C=O) groups is 1. The molecule has 0 saturated carbocycles. The summed E-state index contributed by atoms with van der Waals surface area (Å²) >= 11 is 0. The van der Waals surface area contributed by atoms with Gasteiger partial charge in [0, 0.05) is 6.92 Å². The zero-order valence-electron chi connectivity index (χ0n) is 9.84. The van der Waals surface area contributed by atoms with Crippen LogP contribution in [0.2, 0.25) is 0 Å². The van der Waals surface area contributed by atoms with Gasteiger partial charge in [-0.25, -0.2) is 0 Å². The van der Waals surface area contributed by atoms with Gasteiger partial charge in [0.15, 0.2) is 0 Å². The van der Waals surface area contributed by atoms with E-state index in [0.717, 1.165) is 13.0 Å². The van der Waals surface area contributed by atoms with Crippen LogP contribution in [-0.4, -0.2) is 19.2 Å². The third kappa shape index (κ3) is 4.12. The van der Waals surface area contributed by atoms with Crippen molar-refractivity contribution in [1.82, 2.24) is 5.32 Å². The van der Waals surface area contributed by atoms with Crippen molar-refractivity contribution in [2.45, 2.75) is 13.1 Å². The lowest BCUT2D eigenvalue weighted by atomic mass is 10.2. The van der Waals surface area contributed by atoms with Gasteiger partial charge in [-0.05, 0) is 23.8 Å². The number of hydrogen-bond acceptors (Lipinski definition) is 2. The van der Waals surface area contributed by atoms with Gasteiger partial charge < -0.3 is 10.1 Å². The first-order valence-electron chi connectivity index (χ1n) is 5.03. The molecule has 0 aliphatic heterocycles. The molecule has 6 heteroatoms. The molecule has 0 fully saturated rings. The first-order valence-corrected chi connectivity index (χ1v) is 5.03. The highest BCUT2D eigenvalue weighted by atomic mass is 19.4. The number of amides is 1. The van der Waals surface area contributed by atoms with Crippen molar-refractivity contribution in [3.8, 4) is 5.75 Å². The predicted octanol–water partition coefficient (Wildman–Crippen LogP) is 2.73. The molecule has 1 amide bonds. The third-order valence-corrected chi connectivity index (χ3v) is 2.04. The van der Waals surface area contributed by atoms with E-state index in [1.165, 1.54) is 31.4 Å². The molecular weight excluding hydrogens is 247 g/mol. The maximum atomic E-state index is 12.6. The Bertz CT molecular complexity index is 449. The quantitative estimate of drug-likeness (QED) is 0.906. The van der Waals surface area contributed by atoms with Crippen molar-refractivity contribution in [2.75, 3.05) is 7.11 Å². The smallest absolute Gasteiger partial charge is 0.431 e. The number of alkyl halides is 3. The Kier molecular flexibility index (Phi) is 4.36. The van der Waals surface area contributed by atoms with E-state index in [2.05, 4.69) is 0 Å². The Hall–Kier alpha value is -1.98. The van der Waals surface area contributed by atoms with E-state index in [-0.39, 0.29) is 0 Å². The van der Waals surface area contributed by atoms with Crippen LogP contribution in [0.25, 0.3) is 6.08 Å². The first-order chi connectivity index (χ1) is 8.32. The number of hydrogen-bond donors (Lipinski definition) is 1. The van der Waals surface area contributed by atoms with Gasteiger partial charge in [-0.1, -0.05) is 12.1 Å². The number of allylic oxidation sites excluding steroid dienone is 1. The summed E-state index contributed by atoms with van der Waals surface area (Å²) in [4.78, 5) is 10.7. The van der Waals surface area contributed by atoms with Gasteiger partial charge >= 0.3 is 6.18 Å². The fourth-order valence-electron chi connectivity index (χ4n) is 1.25. The summed E-state index contributed by atoms with van der Waals surface area (Å²) in [5.74, 6) is -0.229. The number of carbonyl (C=O) groups excluding carboxylic acids is 1. The number of halogens is 3. The van der Waals surface area contributed by atoms with Gasteiger partial charge in [0.1, 0.15) is 11.4 Å². The molecule has 0 heterocycles. The summed E-state index contributed by atoms with van der Waals surface area (Å²) in [7, 11) is 1.46. The highest BCUT2D eigenvalue weighted by molar-refractivity contribution is 5.77. The molecule has 0 spiro atoms. The second kappa shape index (κ2) is 5.57. The van der Waals surface area contributed by atoms with Crippen LogP contribution in [0.5, 0.6) is 5.75 Å². The van der Waals surface area contributed by atoms with E-state index in [1.807, 2.05) is 0 Å². The maximum absolute atomic E-state index is 12.6. The van der Waals surface area contributed by atoms with E-state index in [0.29, 0.717) is 11.3 Å². The predicted molar refractivity (Wildman–Crippen MR) is 60.8 cm³/mol. The molecule has 0 atom stereocenters. The summed E-state index contributed by atoms with van der Waals surface area (Å²) in [6.07, 6.45) is -3.74. The van der Waals surface area contributed by atoms with Crippen LogP contribution in [0.15, 0.2) is 30.0 Å². The van der Waals surface area contributed by atoms with Crippen molar-refractivity contribution in [1.29, 1.82) is 0 Å². The van der Waals surface area contributed by atoms with Crippen molar-refractivity contribution < 1.29 is 22.7 Å². The molecule has 3 nitrogen and oxygen atoms in total. The Labute approximate surface area is 102 Å². The van der Waals surface area contributed by atoms with E-state index in [9.17, 15) is 18.0 Å². The average molecular weight is 259 g/mol. The second-order valence-corrected chi connectivity index (χ2v) is 3.51. The molecule has 1 aromatic rings. The lowest BCUT2D eigenvalue weighted by Gasteiger charge is -2.12. The molecule has 18 heavy (non-hydrogen) atoms. The lowest BCUT2D eigenvalue weighted by Crippen LogP contribution is -2.29. The monoisotopic (exact) mass is 259 g/mol. The Morgan fingerprint density at radius 1 is 1.28 bits per heavy atom. The normalized spacial score (nSPS) is 12.2. The second-order valence-electron chi connectivity index (χ2n) is 3.51. The minimum Gasteiger partial charge on any atom is -0.497 e. The molecule has 0 aliphatic rings. The highest BCUT2D eigenvalue weighted by Gasteiger charge is 2.34. The minimum absolute atomic E-state index is 0.317. The van der Waals surface area contributed by atoms with Crippen molar-refractivity contribution in [2.24, 2.45) is 0 Å². The fourth-order valence-corrected chi connectivity index (χ4v) is 1.25. The Morgan fingerprint density at radius 2 is 1.83 bits per heavy atom. The molecule has 0 saturated heterocycles. The van der Waals surface area contributed by atoms with Crippen LogP contribution in [-0.2, 0) is 4.79 Å². The summed E-state index contributed by atoms with van der Waals surface area (Å²) in [5, 5.41) is 1.76. The van der Waals surface area contributed by atoms with Gasteiger partial charge in [-0.2, -0.15) is 13.2 Å². The molecule has 1 N–H and O–H groups in total. The van der Waals surface area contributed by atoms with E-state index < -0.39 is 17.8 Å². The fraction of sp³-hybridized carbons (Fsp3) is 0.250. The van der Waals surface area contributed by atoms with Crippen molar-refractivity contribution >= 4 is 12.0 Å². The topological polar surface area (TPSA) is 38.3 Å². The van der Waals surface area contributed by atoms with Crippen LogP contribution in [0.1, 0.15) is 12.5 Å². The zero-order chi connectivity index (χ0) is 13.8. The molecule has 98 valence electrons. The van der Waals surface area contributed by atoms with Gasteiger partial charge in [0.05, 0.1) is 7.11 Å². The van der Waals surface area contributed by atoms with Crippen molar-refractivity contribution in [3.05, 3.63) is 35.5 Å². The number of ether oxygens (including phenoxy) is 1. The SMILES string of the molecule is COc1ccc(/C=C(\NC(C)=O)C(F)(F)F)cc1. The Balaban J connectivity index is 3.03. The molecular formula is C12H12F3NO2. The van der Waals surface area contributed by atoms with Crippen LogP contribution in [0, 0.1) is 0 Å². The zero-order valence-corrected chi connectivity index (χ0v) is 9.84. The molecule has 0 aliphatic carbocycles. The largest absolute Gasteiger partial charge is 0.497 e. The number of rotatable bonds is 3. The van der Waals surface area contributed by atoms with Gasteiger partial charge in [0.2, 0.25) is 5.91 Å². The summed E-state index contributed by atoms with van der Waals surface area (Å²) in [6, 6.07) is 6.00. The highest BCUT2D eigenvalue weighted by Crippen LogP contribution is 2.25. The lowest BCUT2D eigenvalue weighted by molar-refractivity contribution is -0.124. The summed E-state index contributed by atoms with van der Waals surface area (Å²) in [5.41, 5.74) is -0.781. The standard InChI is InChI=1S/C12H12F3NO2/c1-8(17)16-11(12(13,14)15)7-9-3-5-10(18-2)6-4-9/h3-7H,1-2H3,(H,16,17)/b11-7-. The molecule has 1 aromatic carbocycles. The first kappa shape index (κ1) is 14.1. The molecule has 0 radical (unpaired) electrons. The third-order valence-electron chi connectivity index (χ3n) is 2.04. The van der Waals surface area contributed by atoms with Crippen LogP contribution in [0.3, 0.4) is 0 Å². The van der Waals surface area contributed by atoms with Gasteiger partial charge in [0.25, 0.3) is 0 Å². The minimum atomic E-state index is -4.61. The van der Waals surface area contributed by atoms with E-state index >= 15 is 0 Å². The van der Waals surface area contributed by atoms with Gasteiger partial charge in [-0.15, -0.1) is 0 Å². The van der Waals surface area contributed by atoms with Crippen LogP contribution >= 0.6 is 0 Å². The number of benzene rings is 1. The van der Waals surface area contributed by atoms with E-state index in [1.54, 1.807) is 5.32 Å². The van der Waals surface area contributed by atoms with Gasteiger partial charge in [-0.3, -0.25) is 4.79 Å². The molecule has 0 bridgehead atoms. The average Bonchev–Trinajstić information content (AvgIpc) is 2.27. The number of nitrogens with one attached hydrogen (secondary N) is 1. The van der Waals surface area contributed by atoms with Crippen molar-refractivity contribution in [3.63, 3.8) is 0 Å². The molecule has 0 unspecified atom stereocenters. The van der Waals surface area contributed by atoms with Crippen LogP contribution in [0.4, 0.5) is 13.2 Å². The van der Waals surface area contributed by atoms with E-state index in [4.69, 9.17) is 4.74 Å². The molecule has 1 rings (SSSR count).